The van der Waals surface area contributed by atoms with E-state index in [1.807, 2.05) is 24.4 Å². The molecule has 1 aliphatic heterocycles. The fourth-order valence-electron chi connectivity index (χ4n) is 3.43. The second kappa shape index (κ2) is 8.86. The first-order valence-corrected chi connectivity index (χ1v) is 9.60. The monoisotopic (exact) mass is 376 g/mol. The van der Waals surface area contributed by atoms with Crippen molar-refractivity contribution in [2.24, 2.45) is 0 Å². The highest BCUT2D eigenvalue weighted by molar-refractivity contribution is 5.56. The van der Waals surface area contributed by atoms with E-state index < -0.39 is 0 Å². The van der Waals surface area contributed by atoms with Gasteiger partial charge in [0.25, 0.3) is 5.56 Å². The van der Waals surface area contributed by atoms with Crippen LogP contribution in [0.2, 0.25) is 0 Å². The van der Waals surface area contributed by atoms with Gasteiger partial charge in [-0.05, 0) is 29.8 Å². The molecule has 28 heavy (non-hydrogen) atoms. The molecule has 1 fully saturated rings. The maximum atomic E-state index is 12.2. The Bertz CT molecular complexity index is 936. The summed E-state index contributed by atoms with van der Waals surface area (Å²) in [6, 6.07) is 11.3. The molecule has 0 spiro atoms. The van der Waals surface area contributed by atoms with E-state index in [1.54, 1.807) is 35.4 Å². The predicted octanol–water partition coefficient (Wildman–Crippen LogP) is 1.52. The van der Waals surface area contributed by atoms with Crippen LogP contribution in [-0.2, 0) is 13.1 Å². The molecule has 4 rings (SSSR count). The van der Waals surface area contributed by atoms with Crippen LogP contribution in [0.25, 0.3) is 11.3 Å². The van der Waals surface area contributed by atoms with E-state index in [-0.39, 0.29) is 5.56 Å². The highest BCUT2D eigenvalue weighted by Crippen LogP contribution is 2.13. The van der Waals surface area contributed by atoms with Gasteiger partial charge in [0.15, 0.2) is 0 Å². The molecule has 0 atom stereocenters. The zero-order chi connectivity index (χ0) is 19.2. The van der Waals surface area contributed by atoms with Crippen LogP contribution < -0.4 is 5.56 Å². The van der Waals surface area contributed by atoms with E-state index in [0.717, 1.165) is 50.5 Å². The molecule has 3 aromatic rings. The molecule has 0 bridgehead atoms. The van der Waals surface area contributed by atoms with E-state index in [1.165, 1.54) is 5.56 Å². The first-order valence-electron chi connectivity index (χ1n) is 9.60. The lowest BCUT2D eigenvalue weighted by molar-refractivity contribution is 0.122. The lowest BCUT2D eigenvalue weighted by Gasteiger charge is -2.34. The molecule has 7 heteroatoms. The standard InChI is InChI=1S/C21H24N6O/c28-21-6-5-20(19-4-2-8-23-16-19)24-27(21)14-13-25-9-11-26(12-10-25)17-18-3-1-7-22-15-18/h1-8,15-16H,9-14,17H2. The zero-order valence-electron chi connectivity index (χ0n) is 15.8. The Hall–Kier alpha value is -2.90. The third kappa shape index (κ3) is 4.68. The molecule has 1 saturated heterocycles. The number of nitrogens with zero attached hydrogens (tertiary/aromatic N) is 6. The van der Waals surface area contributed by atoms with Crippen molar-refractivity contribution in [1.29, 1.82) is 0 Å². The highest BCUT2D eigenvalue weighted by Gasteiger charge is 2.17. The summed E-state index contributed by atoms with van der Waals surface area (Å²) in [5.41, 5.74) is 2.87. The summed E-state index contributed by atoms with van der Waals surface area (Å²) >= 11 is 0. The quantitative estimate of drug-likeness (QED) is 0.650. The second-order valence-electron chi connectivity index (χ2n) is 7.00. The first-order chi connectivity index (χ1) is 13.8. The molecule has 144 valence electrons. The van der Waals surface area contributed by atoms with Crippen molar-refractivity contribution in [2.45, 2.75) is 13.1 Å². The molecule has 0 aromatic carbocycles. The minimum absolute atomic E-state index is 0.0668. The van der Waals surface area contributed by atoms with Gasteiger partial charge < -0.3 is 0 Å². The van der Waals surface area contributed by atoms with Gasteiger partial charge in [-0.2, -0.15) is 5.10 Å². The van der Waals surface area contributed by atoms with E-state index in [4.69, 9.17) is 0 Å². The summed E-state index contributed by atoms with van der Waals surface area (Å²) in [7, 11) is 0. The number of hydrogen-bond acceptors (Lipinski definition) is 6. The van der Waals surface area contributed by atoms with E-state index in [2.05, 4.69) is 30.9 Å². The summed E-state index contributed by atoms with van der Waals surface area (Å²) in [6.45, 7) is 6.39. The lowest BCUT2D eigenvalue weighted by Crippen LogP contribution is -2.47. The average Bonchev–Trinajstić information content (AvgIpc) is 2.75. The Morgan fingerprint density at radius 2 is 1.57 bits per heavy atom. The third-order valence-corrected chi connectivity index (χ3v) is 5.05. The van der Waals surface area contributed by atoms with Crippen LogP contribution in [-0.4, -0.2) is 62.3 Å². The molecule has 0 N–H and O–H groups in total. The van der Waals surface area contributed by atoms with Crippen LogP contribution >= 0.6 is 0 Å². The maximum Gasteiger partial charge on any atom is 0.266 e. The molecule has 0 saturated carbocycles. The van der Waals surface area contributed by atoms with Gasteiger partial charge in [-0.15, -0.1) is 0 Å². The topological polar surface area (TPSA) is 67.2 Å². The van der Waals surface area contributed by atoms with Gasteiger partial charge in [-0.3, -0.25) is 24.6 Å². The van der Waals surface area contributed by atoms with Crippen molar-refractivity contribution in [3.8, 4) is 11.3 Å². The number of aromatic nitrogens is 4. The van der Waals surface area contributed by atoms with Crippen molar-refractivity contribution in [3.05, 3.63) is 77.1 Å². The van der Waals surface area contributed by atoms with E-state index >= 15 is 0 Å². The minimum Gasteiger partial charge on any atom is -0.299 e. The lowest BCUT2D eigenvalue weighted by atomic mass is 10.2. The zero-order valence-corrected chi connectivity index (χ0v) is 15.8. The summed E-state index contributed by atoms with van der Waals surface area (Å²) in [5, 5.41) is 4.52. The number of hydrogen-bond donors (Lipinski definition) is 0. The van der Waals surface area contributed by atoms with Crippen molar-refractivity contribution in [2.75, 3.05) is 32.7 Å². The Balaban J connectivity index is 1.31. The van der Waals surface area contributed by atoms with Crippen LogP contribution in [0.4, 0.5) is 0 Å². The fraction of sp³-hybridized carbons (Fsp3) is 0.333. The minimum atomic E-state index is -0.0668. The van der Waals surface area contributed by atoms with Gasteiger partial charge in [0.1, 0.15) is 0 Å². The van der Waals surface area contributed by atoms with E-state index in [9.17, 15) is 4.79 Å². The van der Waals surface area contributed by atoms with Gasteiger partial charge in [0, 0.05) is 75.7 Å². The van der Waals surface area contributed by atoms with Crippen molar-refractivity contribution < 1.29 is 0 Å². The Morgan fingerprint density at radius 3 is 2.29 bits per heavy atom. The molecule has 0 aliphatic carbocycles. The molecule has 0 radical (unpaired) electrons. The molecule has 0 amide bonds. The first kappa shape index (κ1) is 18.5. The normalized spacial score (nSPS) is 15.6. The van der Waals surface area contributed by atoms with Gasteiger partial charge in [0.2, 0.25) is 0 Å². The van der Waals surface area contributed by atoms with Crippen LogP contribution in [0.5, 0.6) is 0 Å². The van der Waals surface area contributed by atoms with Gasteiger partial charge >= 0.3 is 0 Å². The second-order valence-corrected chi connectivity index (χ2v) is 7.00. The SMILES string of the molecule is O=c1ccc(-c2cccnc2)nn1CCN1CCN(Cc2cccnc2)CC1. The summed E-state index contributed by atoms with van der Waals surface area (Å²) in [4.78, 5) is 25.3. The number of piperazine rings is 1. The Labute approximate surface area is 164 Å². The number of rotatable bonds is 6. The van der Waals surface area contributed by atoms with Crippen molar-refractivity contribution in [1.82, 2.24) is 29.5 Å². The van der Waals surface area contributed by atoms with Crippen LogP contribution in [0, 0.1) is 0 Å². The molecule has 7 nitrogen and oxygen atoms in total. The molecular weight excluding hydrogens is 352 g/mol. The van der Waals surface area contributed by atoms with Crippen molar-refractivity contribution >= 4 is 0 Å². The largest absolute Gasteiger partial charge is 0.299 e. The van der Waals surface area contributed by atoms with E-state index in [0.29, 0.717) is 6.54 Å². The van der Waals surface area contributed by atoms with Gasteiger partial charge in [-0.1, -0.05) is 6.07 Å². The summed E-state index contributed by atoms with van der Waals surface area (Å²) < 4.78 is 1.56. The summed E-state index contributed by atoms with van der Waals surface area (Å²) in [6.07, 6.45) is 7.23. The van der Waals surface area contributed by atoms with Crippen LogP contribution in [0.1, 0.15) is 5.56 Å². The van der Waals surface area contributed by atoms with Gasteiger partial charge in [-0.25, -0.2) is 4.68 Å². The average molecular weight is 376 g/mol. The van der Waals surface area contributed by atoms with Gasteiger partial charge in [0.05, 0.1) is 12.2 Å². The Kier molecular flexibility index (Phi) is 5.84. The molecule has 4 heterocycles. The molecular formula is C21H24N6O. The van der Waals surface area contributed by atoms with Crippen LogP contribution in [0.3, 0.4) is 0 Å². The fourth-order valence-corrected chi connectivity index (χ4v) is 3.43. The highest BCUT2D eigenvalue weighted by atomic mass is 16.1. The molecule has 3 aromatic heterocycles. The molecule has 0 unspecified atom stereocenters. The third-order valence-electron chi connectivity index (χ3n) is 5.05. The van der Waals surface area contributed by atoms with Crippen LogP contribution in [0.15, 0.2) is 66.0 Å². The maximum absolute atomic E-state index is 12.2. The summed E-state index contributed by atoms with van der Waals surface area (Å²) in [5.74, 6) is 0. The predicted molar refractivity (Wildman–Crippen MR) is 108 cm³/mol. The van der Waals surface area contributed by atoms with Crippen molar-refractivity contribution in [3.63, 3.8) is 0 Å². The number of pyridine rings is 2. The Morgan fingerprint density at radius 1 is 0.821 bits per heavy atom. The molecule has 1 aliphatic rings. The smallest absolute Gasteiger partial charge is 0.266 e.